The number of hydrogen-bond acceptors (Lipinski definition) is 3. The summed E-state index contributed by atoms with van der Waals surface area (Å²) in [6.07, 6.45) is 3.50. The van der Waals surface area contributed by atoms with E-state index in [0.717, 1.165) is 37.3 Å². The lowest BCUT2D eigenvalue weighted by atomic mass is 10.1. The van der Waals surface area contributed by atoms with E-state index >= 15 is 0 Å². The maximum Gasteiger partial charge on any atom is 0.244 e. The summed E-state index contributed by atoms with van der Waals surface area (Å²) in [5.41, 5.74) is 7.45. The summed E-state index contributed by atoms with van der Waals surface area (Å²) in [5.74, 6) is 0.221. The molecule has 1 atom stereocenters. The molecule has 2 N–H and O–H groups in total. The number of rotatable bonds is 3. The number of nitrogens with zero attached hydrogens (tertiary/aromatic N) is 2. The second-order valence-corrected chi connectivity index (χ2v) is 5.26. The van der Waals surface area contributed by atoms with Crippen LogP contribution in [0.15, 0.2) is 24.3 Å². The fourth-order valence-electron chi connectivity index (χ4n) is 2.48. The Labute approximate surface area is 115 Å². The van der Waals surface area contributed by atoms with E-state index in [-0.39, 0.29) is 11.9 Å². The van der Waals surface area contributed by atoms with Gasteiger partial charge in [-0.15, -0.1) is 0 Å². The zero-order valence-corrected chi connectivity index (χ0v) is 11.8. The lowest BCUT2D eigenvalue weighted by Gasteiger charge is -2.33. The van der Waals surface area contributed by atoms with Crippen molar-refractivity contribution in [3.8, 4) is 0 Å². The minimum atomic E-state index is -0.137. The highest BCUT2D eigenvalue weighted by molar-refractivity contribution is 5.85. The van der Waals surface area contributed by atoms with Crippen LogP contribution in [-0.2, 0) is 4.79 Å². The van der Waals surface area contributed by atoms with Gasteiger partial charge in [-0.1, -0.05) is 0 Å². The third-order valence-corrected chi connectivity index (χ3v) is 3.91. The average molecular weight is 261 g/mol. The first-order valence-corrected chi connectivity index (χ1v) is 6.97. The van der Waals surface area contributed by atoms with Crippen molar-refractivity contribution >= 4 is 17.3 Å². The molecule has 0 spiro atoms. The van der Waals surface area contributed by atoms with Crippen LogP contribution in [0, 0.1) is 0 Å². The standard InChI is InChI=1S/C15H23N3O/c1-12(15(19)18-10-4-3-5-11-18)17(2)14-8-6-13(16)7-9-14/h6-9,12H,3-5,10-11,16H2,1-2H3. The van der Waals surface area contributed by atoms with Gasteiger partial charge >= 0.3 is 0 Å². The molecule has 4 nitrogen and oxygen atoms in total. The van der Waals surface area contributed by atoms with E-state index in [1.807, 2.05) is 48.0 Å². The number of likely N-dealkylation sites (tertiary alicyclic amines) is 1. The minimum absolute atomic E-state index is 0.137. The van der Waals surface area contributed by atoms with Gasteiger partial charge in [0.15, 0.2) is 0 Å². The summed E-state index contributed by atoms with van der Waals surface area (Å²) in [5, 5.41) is 0. The van der Waals surface area contributed by atoms with Crippen molar-refractivity contribution < 1.29 is 4.79 Å². The molecule has 1 aliphatic heterocycles. The van der Waals surface area contributed by atoms with Crippen LogP contribution in [0.3, 0.4) is 0 Å². The molecular formula is C15H23N3O. The second kappa shape index (κ2) is 5.95. The van der Waals surface area contributed by atoms with Crippen LogP contribution in [0.2, 0.25) is 0 Å². The van der Waals surface area contributed by atoms with E-state index in [2.05, 4.69) is 0 Å². The highest BCUT2D eigenvalue weighted by Gasteiger charge is 2.25. The van der Waals surface area contributed by atoms with Gasteiger partial charge in [-0.3, -0.25) is 4.79 Å². The molecule has 1 aliphatic rings. The zero-order valence-electron chi connectivity index (χ0n) is 11.8. The first-order valence-electron chi connectivity index (χ1n) is 6.97. The largest absolute Gasteiger partial charge is 0.399 e. The number of amides is 1. The molecule has 104 valence electrons. The molecule has 2 rings (SSSR count). The normalized spacial score (nSPS) is 17.1. The quantitative estimate of drug-likeness (QED) is 0.848. The predicted molar refractivity (Wildman–Crippen MR) is 79.2 cm³/mol. The number of nitrogen functional groups attached to an aromatic ring is 1. The number of carbonyl (C=O) groups excluding carboxylic acids is 1. The Hall–Kier alpha value is -1.71. The van der Waals surface area contributed by atoms with Crippen molar-refractivity contribution in [1.82, 2.24) is 4.90 Å². The molecule has 0 aromatic heterocycles. The monoisotopic (exact) mass is 261 g/mol. The van der Waals surface area contributed by atoms with E-state index < -0.39 is 0 Å². The van der Waals surface area contributed by atoms with Crippen molar-refractivity contribution in [3.05, 3.63) is 24.3 Å². The molecular weight excluding hydrogens is 238 g/mol. The van der Waals surface area contributed by atoms with Crippen LogP contribution in [-0.4, -0.2) is 37.0 Å². The smallest absolute Gasteiger partial charge is 0.244 e. The third-order valence-electron chi connectivity index (χ3n) is 3.91. The molecule has 1 aromatic rings. The SMILES string of the molecule is CC(C(=O)N1CCCCC1)N(C)c1ccc(N)cc1. The summed E-state index contributed by atoms with van der Waals surface area (Å²) in [6.45, 7) is 3.77. The van der Waals surface area contributed by atoms with Gasteiger partial charge in [-0.05, 0) is 50.5 Å². The van der Waals surface area contributed by atoms with E-state index in [1.165, 1.54) is 6.42 Å². The molecule has 0 saturated carbocycles. The number of anilines is 2. The van der Waals surface area contributed by atoms with Crippen molar-refractivity contribution in [2.45, 2.75) is 32.2 Å². The van der Waals surface area contributed by atoms with Crippen LogP contribution >= 0.6 is 0 Å². The van der Waals surface area contributed by atoms with Crippen molar-refractivity contribution in [2.75, 3.05) is 30.8 Å². The van der Waals surface area contributed by atoms with Crippen molar-refractivity contribution in [2.24, 2.45) is 0 Å². The summed E-state index contributed by atoms with van der Waals surface area (Å²) in [4.78, 5) is 16.4. The van der Waals surface area contributed by atoms with Gasteiger partial charge in [0, 0.05) is 31.5 Å². The highest BCUT2D eigenvalue weighted by Crippen LogP contribution is 2.19. The number of benzene rings is 1. The summed E-state index contributed by atoms with van der Waals surface area (Å²) in [7, 11) is 1.96. The topological polar surface area (TPSA) is 49.6 Å². The van der Waals surface area contributed by atoms with Gasteiger partial charge < -0.3 is 15.5 Å². The van der Waals surface area contributed by atoms with E-state index in [1.54, 1.807) is 0 Å². The molecule has 0 bridgehead atoms. The minimum Gasteiger partial charge on any atom is -0.399 e. The fourth-order valence-corrected chi connectivity index (χ4v) is 2.48. The Bertz CT molecular complexity index is 424. The molecule has 4 heteroatoms. The summed E-state index contributed by atoms with van der Waals surface area (Å²) < 4.78 is 0. The van der Waals surface area contributed by atoms with Crippen LogP contribution < -0.4 is 10.6 Å². The van der Waals surface area contributed by atoms with Crippen LogP contribution in [0.5, 0.6) is 0 Å². The summed E-state index contributed by atoms with van der Waals surface area (Å²) >= 11 is 0. The van der Waals surface area contributed by atoms with E-state index in [4.69, 9.17) is 5.73 Å². The Kier molecular flexibility index (Phi) is 4.30. The lowest BCUT2D eigenvalue weighted by molar-refractivity contribution is -0.133. The Morgan fingerprint density at radius 2 is 1.79 bits per heavy atom. The highest BCUT2D eigenvalue weighted by atomic mass is 16.2. The van der Waals surface area contributed by atoms with Gasteiger partial charge in [0.05, 0.1) is 0 Å². The zero-order chi connectivity index (χ0) is 13.8. The molecule has 1 amide bonds. The van der Waals surface area contributed by atoms with Gasteiger partial charge in [0.1, 0.15) is 6.04 Å². The molecule has 1 heterocycles. The summed E-state index contributed by atoms with van der Waals surface area (Å²) in [6, 6.07) is 7.50. The number of hydrogen-bond donors (Lipinski definition) is 1. The lowest BCUT2D eigenvalue weighted by Crippen LogP contribution is -2.47. The molecule has 0 radical (unpaired) electrons. The predicted octanol–water partition coefficient (Wildman–Crippen LogP) is 2.11. The Morgan fingerprint density at radius 3 is 2.37 bits per heavy atom. The molecule has 1 aromatic carbocycles. The van der Waals surface area contributed by atoms with Crippen LogP contribution in [0.1, 0.15) is 26.2 Å². The van der Waals surface area contributed by atoms with E-state index in [0.29, 0.717) is 0 Å². The first kappa shape index (κ1) is 13.7. The van der Waals surface area contributed by atoms with Crippen LogP contribution in [0.25, 0.3) is 0 Å². The number of piperidine rings is 1. The maximum atomic E-state index is 12.4. The third kappa shape index (κ3) is 3.19. The van der Waals surface area contributed by atoms with Gasteiger partial charge in [-0.25, -0.2) is 0 Å². The Morgan fingerprint density at radius 1 is 1.21 bits per heavy atom. The number of likely N-dealkylation sites (N-methyl/N-ethyl adjacent to an activating group) is 1. The molecule has 19 heavy (non-hydrogen) atoms. The van der Waals surface area contributed by atoms with Gasteiger partial charge in [-0.2, -0.15) is 0 Å². The van der Waals surface area contributed by atoms with Gasteiger partial charge in [0.2, 0.25) is 5.91 Å². The number of carbonyl (C=O) groups is 1. The van der Waals surface area contributed by atoms with Crippen molar-refractivity contribution in [3.63, 3.8) is 0 Å². The molecule has 1 unspecified atom stereocenters. The van der Waals surface area contributed by atoms with Gasteiger partial charge in [0.25, 0.3) is 0 Å². The average Bonchev–Trinajstić information content (AvgIpc) is 2.46. The van der Waals surface area contributed by atoms with E-state index in [9.17, 15) is 4.79 Å². The van der Waals surface area contributed by atoms with Crippen LogP contribution in [0.4, 0.5) is 11.4 Å². The Balaban J connectivity index is 2.03. The number of nitrogens with two attached hydrogens (primary N) is 1. The molecule has 1 saturated heterocycles. The fraction of sp³-hybridized carbons (Fsp3) is 0.533. The van der Waals surface area contributed by atoms with Crippen molar-refractivity contribution in [1.29, 1.82) is 0 Å². The molecule has 0 aliphatic carbocycles. The second-order valence-electron chi connectivity index (χ2n) is 5.26. The molecule has 1 fully saturated rings. The maximum absolute atomic E-state index is 12.4. The first-order chi connectivity index (χ1) is 9.09.